The van der Waals surface area contributed by atoms with E-state index in [0.29, 0.717) is 0 Å². The summed E-state index contributed by atoms with van der Waals surface area (Å²) in [7, 11) is 1.80. The number of hydrogen-bond donors (Lipinski definition) is 2. The minimum atomic E-state index is 0. The van der Waals surface area contributed by atoms with Crippen LogP contribution < -0.4 is 10.6 Å². The Morgan fingerprint density at radius 3 is 2.74 bits per heavy atom. The fourth-order valence-electron chi connectivity index (χ4n) is 1.59. The van der Waals surface area contributed by atoms with Crippen LogP contribution in [0.1, 0.15) is 11.1 Å². The molecule has 0 saturated heterocycles. The standard InChI is InChI=1S/C13H22N4S.HI/c1-11-10-15-6-4-12(11)5-7-16-13(14-2)17-8-9-18-3;/h4,6,10H,5,7-9H2,1-3H3,(H2,14,16,17);1H. The van der Waals surface area contributed by atoms with E-state index < -0.39 is 0 Å². The van der Waals surface area contributed by atoms with Gasteiger partial charge in [-0.05, 0) is 36.8 Å². The third-order valence-corrected chi connectivity index (χ3v) is 3.26. The van der Waals surface area contributed by atoms with Gasteiger partial charge in [0.05, 0.1) is 0 Å². The van der Waals surface area contributed by atoms with Crippen molar-refractivity contribution in [3.8, 4) is 0 Å². The van der Waals surface area contributed by atoms with Crippen LogP contribution in [-0.4, -0.2) is 43.1 Å². The Labute approximate surface area is 137 Å². The van der Waals surface area contributed by atoms with Gasteiger partial charge in [0.15, 0.2) is 5.96 Å². The van der Waals surface area contributed by atoms with Crippen LogP contribution in [0, 0.1) is 6.92 Å². The van der Waals surface area contributed by atoms with Crippen molar-refractivity contribution >= 4 is 41.7 Å². The van der Waals surface area contributed by atoms with Gasteiger partial charge in [-0.2, -0.15) is 11.8 Å². The van der Waals surface area contributed by atoms with Crippen molar-refractivity contribution in [3.63, 3.8) is 0 Å². The van der Waals surface area contributed by atoms with Crippen LogP contribution in [0.3, 0.4) is 0 Å². The maximum Gasteiger partial charge on any atom is 0.191 e. The Morgan fingerprint density at radius 1 is 1.37 bits per heavy atom. The van der Waals surface area contributed by atoms with Gasteiger partial charge in [0, 0.05) is 38.3 Å². The van der Waals surface area contributed by atoms with E-state index in [0.717, 1.165) is 31.2 Å². The van der Waals surface area contributed by atoms with Crippen LogP contribution >= 0.6 is 35.7 Å². The highest BCUT2D eigenvalue weighted by molar-refractivity contribution is 14.0. The van der Waals surface area contributed by atoms with E-state index in [-0.39, 0.29) is 24.0 Å². The summed E-state index contributed by atoms with van der Waals surface area (Å²) in [6, 6.07) is 2.07. The molecule has 2 N–H and O–H groups in total. The highest BCUT2D eigenvalue weighted by Crippen LogP contribution is 2.04. The lowest BCUT2D eigenvalue weighted by Crippen LogP contribution is -2.39. The van der Waals surface area contributed by atoms with Crippen molar-refractivity contribution in [1.29, 1.82) is 0 Å². The molecule has 0 aromatic carbocycles. The molecular weight excluding hydrogens is 371 g/mol. The third-order valence-electron chi connectivity index (χ3n) is 2.65. The third kappa shape index (κ3) is 7.61. The predicted molar refractivity (Wildman–Crippen MR) is 95.8 cm³/mol. The van der Waals surface area contributed by atoms with E-state index in [4.69, 9.17) is 0 Å². The number of aryl methyl sites for hydroxylation is 1. The molecule has 4 nitrogen and oxygen atoms in total. The van der Waals surface area contributed by atoms with E-state index in [1.54, 1.807) is 7.05 Å². The highest BCUT2D eigenvalue weighted by Gasteiger charge is 1.99. The van der Waals surface area contributed by atoms with E-state index >= 15 is 0 Å². The lowest BCUT2D eigenvalue weighted by atomic mass is 10.1. The lowest BCUT2D eigenvalue weighted by Gasteiger charge is -2.12. The second-order valence-corrected chi connectivity index (χ2v) is 4.96. The van der Waals surface area contributed by atoms with Crippen molar-refractivity contribution in [3.05, 3.63) is 29.6 Å². The minimum absolute atomic E-state index is 0. The minimum Gasteiger partial charge on any atom is -0.356 e. The van der Waals surface area contributed by atoms with Gasteiger partial charge in [-0.25, -0.2) is 0 Å². The first-order chi connectivity index (χ1) is 8.77. The molecular formula is C13H23IN4S. The number of nitrogens with zero attached hydrogens (tertiary/aromatic N) is 2. The molecule has 0 radical (unpaired) electrons. The van der Waals surface area contributed by atoms with Gasteiger partial charge < -0.3 is 10.6 Å². The summed E-state index contributed by atoms with van der Waals surface area (Å²) in [5.41, 5.74) is 2.57. The molecule has 1 aromatic heterocycles. The second-order valence-electron chi connectivity index (χ2n) is 3.97. The zero-order chi connectivity index (χ0) is 13.2. The Balaban J connectivity index is 0.00000324. The Hall–Kier alpha value is -0.500. The molecule has 0 bridgehead atoms. The molecule has 0 aliphatic heterocycles. The number of rotatable bonds is 6. The van der Waals surface area contributed by atoms with Crippen molar-refractivity contribution in [1.82, 2.24) is 15.6 Å². The second kappa shape index (κ2) is 11.3. The molecule has 0 saturated carbocycles. The van der Waals surface area contributed by atoms with E-state index in [9.17, 15) is 0 Å². The number of aliphatic imine (C=N–C) groups is 1. The molecule has 0 spiro atoms. The molecule has 1 heterocycles. The zero-order valence-corrected chi connectivity index (χ0v) is 14.9. The molecule has 1 rings (SSSR count). The molecule has 0 amide bonds. The SMILES string of the molecule is CN=C(NCCSC)NCCc1ccncc1C.I. The number of aromatic nitrogens is 1. The normalized spacial score (nSPS) is 10.8. The quantitative estimate of drug-likeness (QED) is 0.336. The number of pyridine rings is 1. The van der Waals surface area contributed by atoms with Gasteiger partial charge in [-0.15, -0.1) is 24.0 Å². The van der Waals surface area contributed by atoms with E-state index in [1.807, 2.05) is 24.2 Å². The molecule has 0 fully saturated rings. The molecule has 1 aromatic rings. The zero-order valence-electron chi connectivity index (χ0n) is 11.8. The molecule has 0 aliphatic rings. The largest absolute Gasteiger partial charge is 0.356 e. The van der Waals surface area contributed by atoms with Crippen LogP contribution in [0.5, 0.6) is 0 Å². The van der Waals surface area contributed by atoms with Crippen molar-refractivity contribution in [2.24, 2.45) is 4.99 Å². The average Bonchev–Trinajstić information content (AvgIpc) is 2.39. The maximum absolute atomic E-state index is 4.19. The van der Waals surface area contributed by atoms with Crippen LogP contribution in [-0.2, 0) is 6.42 Å². The van der Waals surface area contributed by atoms with Gasteiger partial charge in [-0.3, -0.25) is 9.98 Å². The Kier molecular flexibility index (Phi) is 11.0. The van der Waals surface area contributed by atoms with E-state index in [2.05, 4.69) is 39.9 Å². The van der Waals surface area contributed by atoms with Crippen LogP contribution in [0.2, 0.25) is 0 Å². The van der Waals surface area contributed by atoms with Gasteiger partial charge in [-0.1, -0.05) is 0 Å². The molecule has 6 heteroatoms. The fraction of sp³-hybridized carbons (Fsp3) is 0.538. The maximum atomic E-state index is 4.19. The first-order valence-electron chi connectivity index (χ1n) is 6.11. The van der Waals surface area contributed by atoms with Crippen LogP contribution in [0.25, 0.3) is 0 Å². The van der Waals surface area contributed by atoms with Gasteiger partial charge in [0.2, 0.25) is 0 Å². The summed E-state index contributed by atoms with van der Waals surface area (Å²) in [4.78, 5) is 8.28. The van der Waals surface area contributed by atoms with Crippen LogP contribution in [0.15, 0.2) is 23.5 Å². The molecule has 0 aliphatic carbocycles. The Bertz CT molecular complexity index is 385. The predicted octanol–water partition coefficient (Wildman–Crippen LogP) is 2.08. The Morgan fingerprint density at radius 2 is 2.11 bits per heavy atom. The summed E-state index contributed by atoms with van der Waals surface area (Å²) < 4.78 is 0. The topological polar surface area (TPSA) is 49.3 Å². The van der Waals surface area contributed by atoms with Crippen LogP contribution in [0.4, 0.5) is 0 Å². The molecule has 0 atom stereocenters. The summed E-state index contributed by atoms with van der Waals surface area (Å²) in [5.74, 6) is 1.96. The van der Waals surface area contributed by atoms with Gasteiger partial charge >= 0.3 is 0 Å². The first-order valence-corrected chi connectivity index (χ1v) is 7.50. The summed E-state index contributed by atoms with van der Waals surface area (Å²) in [6.45, 7) is 3.91. The monoisotopic (exact) mass is 394 g/mol. The molecule has 108 valence electrons. The highest BCUT2D eigenvalue weighted by atomic mass is 127. The van der Waals surface area contributed by atoms with Gasteiger partial charge in [0.25, 0.3) is 0 Å². The lowest BCUT2D eigenvalue weighted by molar-refractivity contribution is 0.808. The molecule has 19 heavy (non-hydrogen) atoms. The summed E-state index contributed by atoms with van der Waals surface area (Å²) in [6.07, 6.45) is 6.83. The number of nitrogens with one attached hydrogen (secondary N) is 2. The van der Waals surface area contributed by atoms with E-state index in [1.165, 1.54) is 11.1 Å². The van der Waals surface area contributed by atoms with Crippen molar-refractivity contribution in [2.45, 2.75) is 13.3 Å². The molecule has 0 unspecified atom stereocenters. The van der Waals surface area contributed by atoms with Gasteiger partial charge in [0.1, 0.15) is 0 Å². The number of guanidine groups is 1. The van der Waals surface area contributed by atoms with Crippen molar-refractivity contribution in [2.75, 3.05) is 32.1 Å². The smallest absolute Gasteiger partial charge is 0.191 e. The van der Waals surface area contributed by atoms with Crippen molar-refractivity contribution < 1.29 is 0 Å². The number of hydrogen-bond acceptors (Lipinski definition) is 3. The average molecular weight is 394 g/mol. The number of halogens is 1. The fourth-order valence-corrected chi connectivity index (χ4v) is 1.90. The summed E-state index contributed by atoms with van der Waals surface area (Å²) >= 11 is 1.82. The summed E-state index contributed by atoms with van der Waals surface area (Å²) in [5, 5.41) is 6.59. The first kappa shape index (κ1) is 18.5. The number of thioether (sulfide) groups is 1.